The van der Waals surface area contributed by atoms with Crippen molar-refractivity contribution in [2.24, 2.45) is 11.3 Å². The number of amides is 1. The molecule has 2 fully saturated rings. The minimum Gasteiger partial charge on any atom is -0.394 e. The normalized spacial score (nSPS) is 38.1. The second-order valence-electron chi connectivity index (χ2n) is 9.63. The van der Waals surface area contributed by atoms with Crippen molar-refractivity contribution >= 4 is 5.91 Å². The fourth-order valence-corrected chi connectivity index (χ4v) is 4.24. The first-order valence-electron chi connectivity index (χ1n) is 11.0. The van der Waals surface area contributed by atoms with E-state index in [-0.39, 0.29) is 31.3 Å². The number of carbonyl (C=O) groups is 1. The molecule has 10 nitrogen and oxygen atoms in total. The van der Waals surface area contributed by atoms with Crippen LogP contribution in [0.2, 0.25) is 0 Å². The summed E-state index contributed by atoms with van der Waals surface area (Å²) in [5.41, 5.74) is 0.0170. The van der Waals surface area contributed by atoms with Crippen LogP contribution in [0.15, 0.2) is 12.2 Å². The zero-order valence-corrected chi connectivity index (χ0v) is 19.5. The minimum atomic E-state index is -1.76. The maximum Gasteiger partial charge on any atom is 0.256 e. The molecule has 0 bridgehead atoms. The summed E-state index contributed by atoms with van der Waals surface area (Å²) >= 11 is 0. The maximum atomic E-state index is 12.8. The summed E-state index contributed by atoms with van der Waals surface area (Å²) in [6.45, 7) is 10.8. The number of nitrogens with one attached hydrogen (secondary N) is 1. The monoisotopic (exact) mass is 461 g/mol. The molecule has 2 heterocycles. The molecule has 6 N–H and O–H groups in total. The molecule has 0 saturated carbocycles. The van der Waals surface area contributed by atoms with Gasteiger partial charge in [-0.1, -0.05) is 32.9 Å². The van der Waals surface area contributed by atoms with Crippen molar-refractivity contribution in [3.63, 3.8) is 0 Å². The number of ether oxygens (including phenoxy) is 3. The Labute approximate surface area is 189 Å². The summed E-state index contributed by atoms with van der Waals surface area (Å²) < 4.78 is 17.1. The lowest BCUT2D eigenvalue weighted by Gasteiger charge is -2.47. The number of aliphatic hydroxyl groups excluding tert-OH is 5. The highest BCUT2D eigenvalue weighted by atomic mass is 16.7. The van der Waals surface area contributed by atoms with Crippen molar-refractivity contribution in [2.75, 3.05) is 13.7 Å². The number of hydrogen-bond acceptors (Lipinski definition) is 9. The Morgan fingerprint density at radius 1 is 1.31 bits per heavy atom. The molecule has 32 heavy (non-hydrogen) atoms. The van der Waals surface area contributed by atoms with Gasteiger partial charge in [0.15, 0.2) is 12.3 Å². The number of carbonyl (C=O) groups excluding carboxylic acids is 1. The van der Waals surface area contributed by atoms with Crippen molar-refractivity contribution in [2.45, 2.75) is 95.6 Å². The molecule has 0 aromatic carbocycles. The Kier molecular flexibility index (Phi) is 8.85. The Hall–Kier alpha value is -1.11. The Morgan fingerprint density at radius 2 is 1.94 bits per heavy atom. The van der Waals surface area contributed by atoms with Gasteiger partial charge in [-0.15, -0.1) is 0 Å². The van der Waals surface area contributed by atoms with E-state index in [2.05, 4.69) is 11.9 Å². The number of hydrogen-bond donors (Lipinski definition) is 6. The van der Waals surface area contributed by atoms with E-state index in [1.54, 1.807) is 20.8 Å². The average molecular weight is 462 g/mol. The van der Waals surface area contributed by atoms with Gasteiger partial charge in [0.1, 0.15) is 6.10 Å². The Bertz CT molecular complexity index is 672. The molecule has 0 aromatic rings. The largest absolute Gasteiger partial charge is 0.394 e. The van der Waals surface area contributed by atoms with Gasteiger partial charge in [0.25, 0.3) is 5.91 Å². The summed E-state index contributed by atoms with van der Waals surface area (Å²) in [5, 5.41) is 53.2. The van der Waals surface area contributed by atoms with Crippen LogP contribution in [0.1, 0.15) is 47.0 Å². The first kappa shape index (κ1) is 27.1. The van der Waals surface area contributed by atoms with Gasteiger partial charge in [-0.3, -0.25) is 4.79 Å². The average Bonchev–Trinajstić information content (AvgIpc) is 2.73. The lowest BCUT2D eigenvalue weighted by Crippen LogP contribution is -2.62. The molecule has 2 saturated heterocycles. The highest BCUT2D eigenvalue weighted by molar-refractivity contribution is 5.82. The smallest absolute Gasteiger partial charge is 0.256 e. The minimum absolute atomic E-state index is 0.0193. The van der Waals surface area contributed by atoms with E-state index in [9.17, 15) is 25.2 Å². The first-order chi connectivity index (χ1) is 14.8. The van der Waals surface area contributed by atoms with Gasteiger partial charge in [-0.25, -0.2) is 0 Å². The van der Waals surface area contributed by atoms with Crippen LogP contribution in [0.4, 0.5) is 0 Å². The fraction of sp³-hybridized carbons (Fsp3) is 0.864. The van der Waals surface area contributed by atoms with Crippen LogP contribution in [-0.4, -0.2) is 93.8 Å². The van der Waals surface area contributed by atoms with Crippen LogP contribution >= 0.6 is 0 Å². The zero-order chi connectivity index (χ0) is 24.4. The lowest BCUT2D eigenvalue weighted by atomic mass is 9.74. The van der Waals surface area contributed by atoms with Gasteiger partial charge in [-0.05, 0) is 6.92 Å². The molecular weight excluding hydrogens is 422 g/mol. The summed E-state index contributed by atoms with van der Waals surface area (Å²) in [6.07, 6.45) is -7.12. The van der Waals surface area contributed by atoms with E-state index >= 15 is 0 Å². The summed E-state index contributed by atoms with van der Waals surface area (Å²) in [7, 11) is 1.32. The second-order valence-corrected chi connectivity index (χ2v) is 9.63. The predicted molar refractivity (Wildman–Crippen MR) is 114 cm³/mol. The van der Waals surface area contributed by atoms with Crippen LogP contribution < -0.4 is 5.32 Å². The first-order valence-corrected chi connectivity index (χ1v) is 11.0. The molecule has 9 atom stereocenters. The van der Waals surface area contributed by atoms with Gasteiger partial charge in [-0.2, -0.15) is 0 Å². The van der Waals surface area contributed by atoms with Crippen LogP contribution in [0.3, 0.4) is 0 Å². The summed E-state index contributed by atoms with van der Waals surface area (Å²) in [4.78, 5) is 12.8. The van der Waals surface area contributed by atoms with Crippen molar-refractivity contribution in [3.05, 3.63) is 12.2 Å². The molecule has 1 amide bonds. The molecule has 0 aliphatic carbocycles. The molecule has 0 unspecified atom stereocenters. The topological polar surface area (TPSA) is 158 Å². The number of aliphatic hydroxyl groups is 5. The molecule has 2 aliphatic heterocycles. The molecule has 2 aliphatic rings. The second kappa shape index (κ2) is 10.4. The molecule has 0 aromatic heterocycles. The van der Waals surface area contributed by atoms with Gasteiger partial charge < -0.3 is 45.1 Å². The van der Waals surface area contributed by atoms with Gasteiger partial charge in [0, 0.05) is 37.7 Å². The van der Waals surface area contributed by atoms with Crippen molar-refractivity contribution in [1.82, 2.24) is 5.32 Å². The molecular formula is C22H39NO9. The molecule has 2 rings (SSSR count). The maximum absolute atomic E-state index is 12.8. The Morgan fingerprint density at radius 3 is 2.47 bits per heavy atom. The zero-order valence-electron chi connectivity index (χ0n) is 19.5. The van der Waals surface area contributed by atoms with E-state index in [0.717, 1.165) is 5.57 Å². The van der Waals surface area contributed by atoms with Gasteiger partial charge in [0.2, 0.25) is 5.79 Å². The van der Waals surface area contributed by atoms with Crippen LogP contribution in [0.5, 0.6) is 0 Å². The van der Waals surface area contributed by atoms with E-state index < -0.39 is 60.5 Å². The third kappa shape index (κ3) is 5.51. The Balaban J connectivity index is 2.09. The van der Waals surface area contributed by atoms with E-state index in [1.165, 1.54) is 7.11 Å². The summed E-state index contributed by atoms with van der Waals surface area (Å²) in [5.74, 6) is -2.55. The molecule has 186 valence electrons. The number of methoxy groups -OCH3 is 1. The van der Waals surface area contributed by atoms with E-state index in [4.69, 9.17) is 19.3 Å². The van der Waals surface area contributed by atoms with Crippen molar-refractivity contribution in [3.8, 4) is 0 Å². The van der Waals surface area contributed by atoms with Crippen LogP contribution in [0.25, 0.3) is 0 Å². The SMILES string of the molecule is C=C1C[C@](OC)([C@@H](O)C(=O)N[C@@H](O)[C@@H]2C[C@@H](O)C(C)(C)[C@@H](C[C@H](O)CO)O2)O[C@H](C)[C@@H]1C. The fourth-order valence-electron chi connectivity index (χ4n) is 4.24. The highest BCUT2D eigenvalue weighted by Crippen LogP contribution is 2.40. The van der Waals surface area contributed by atoms with Crippen molar-refractivity contribution < 1.29 is 44.5 Å². The van der Waals surface area contributed by atoms with E-state index in [1.807, 2.05) is 6.92 Å². The summed E-state index contributed by atoms with van der Waals surface area (Å²) in [6, 6.07) is 0. The molecule has 10 heteroatoms. The third-order valence-corrected chi connectivity index (χ3v) is 7.04. The highest BCUT2D eigenvalue weighted by Gasteiger charge is 2.51. The van der Waals surface area contributed by atoms with Gasteiger partial charge >= 0.3 is 0 Å². The van der Waals surface area contributed by atoms with Gasteiger partial charge in [0.05, 0.1) is 31.0 Å². The number of rotatable bonds is 8. The van der Waals surface area contributed by atoms with E-state index in [0.29, 0.717) is 0 Å². The van der Waals surface area contributed by atoms with Crippen molar-refractivity contribution in [1.29, 1.82) is 0 Å². The molecule has 0 radical (unpaired) electrons. The lowest BCUT2D eigenvalue weighted by molar-refractivity contribution is -0.298. The predicted octanol–water partition coefficient (Wildman–Crippen LogP) is -0.586. The molecule has 0 spiro atoms. The van der Waals surface area contributed by atoms with Crippen LogP contribution in [0, 0.1) is 11.3 Å². The van der Waals surface area contributed by atoms with Crippen LogP contribution in [-0.2, 0) is 19.0 Å². The quantitative estimate of drug-likeness (QED) is 0.205. The standard InChI is InChI=1S/C22H39NO9/c1-11-9-22(30-6,32-13(3)12(11)2)18(27)20(29)23-19(28)15-8-16(26)21(4,5)17(31-15)7-14(25)10-24/h12-19,24-28H,1,7-10H2,2-6H3,(H,23,29)/t12-,13-,14+,15+,16-,17-,18+,19+,22-/m1/s1. The third-order valence-electron chi connectivity index (χ3n) is 7.04.